The van der Waals surface area contributed by atoms with E-state index < -0.39 is 23.4 Å². The molecule has 0 bridgehead atoms. The number of carbonyl (C=O) groups is 2. The second-order valence-corrected chi connectivity index (χ2v) is 9.13. The van der Waals surface area contributed by atoms with Gasteiger partial charge in [-0.05, 0) is 48.6 Å². The van der Waals surface area contributed by atoms with Crippen molar-refractivity contribution in [3.8, 4) is 5.75 Å². The molecule has 2 saturated heterocycles. The summed E-state index contributed by atoms with van der Waals surface area (Å²) in [6, 6.07) is 8.01. The number of nitrogens with zero attached hydrogens (tertiary/aromatic N) is 3. The molecule has 10 heteroatoms. The zero-order valence-corrected chi connectivity index (χ0v) is 18.7. The molecular formula is C24H25F3N4O3. The molecule has 2 fully saturated rings. The number of benzene rings is 1. The fourth-order valence-corrected chi connectivity index (χ4v) is 4.97. The van der Waals surface area contributed by atoms with E-state index in [0.29, 0.717) is 38.1 Å². The number of urea groups is 1. The zero-order valence-electron chi connectivity index (χ0n) is 18.7. The van der Waals surface area contributed by atoms with Crippen molar-refractivity contribution in [2.24, 2.45) is 0 Å². The summed E-state index contributed by atoms with van der Waals surface area (Å²) in [4.78, 5) is 32.6. The Morgan fingerprint density at radius 2 is 1.94 bits per heavy atom. The molecule has 1 atom stereocenters. The van der Waals surface area contributed by atoms with Gasteiger partial charge in [-0.15, -0.1) is 0 Å². The number of carbonyl (C=O) groups excluding carboxylic acids is 2. The molecule has 0 unspecified atom stereocenters. The van der Waals surface area contributed by atoms with Crippen LogP contribution in [0.25, 0.3) is 0 Å². The number of hydrogen-bond acceptors (Lipinski definition) is 5. The second-order valence-electron chi connectivity index (χ2n) is 9.13. The van der Waals surface area contributed by atoms with Gasteiger partial charge < -0.3 is 10.1 Å². The van der Waals surface area contributed by atoms with Crippen LogP contribution in [0.1, 0.15) is 48.2 Å². The summed E-state index contributed by atoms with van der Waals surface area (Å²) in [5.74, 6) is 0.597. The van der Waals surface area contributed by atoms with E-state index in [0.717, 1.165) is 34.9 Å². The minimum atomic E-state index is -4.54. The predicted octanol–water partition coefficient (Wildman–Crippen LogP) is 3.68. The van der Waals surface area contributed by atoms with Crippen LogP contribution >= 0.6 is 0 Å². The van der Waals surface area contributed by atoms with E-state index in [1.807, 2.05) is 0 Å². The lowest BCUT2D eigenvalue weighted by Crippen LogP contribution is -2.55. The van der Waals surface area contributed by atoms with Crippen molar-refractivity contribution in [2.75, 3.05) is 19.7 Å². The first kappa shape index (κ1) is 22.6. The Bertz CT molecular complexity index is 1110. The number of pyridine rings is 1. The monoisotopic (exact) mass is 474 g/mol. The minimum Gasteiger partial charge on any atom is -0.493 e. The van der Waals surface area contributed by atoms with E-state index in [4.69, 9.17) is 4.74 Å². The molecule has 1 aromatic heterocycles. The third kappa shape index (κ3) is 4.00. The molecule has 34 heavy (non-hydrogen) atoms. The van der Waals surface area contributed by atoms with Gasteiger partial charge in [0, 0.05) is 31.7 Å². The largest absolute Gasteiger partial charge is 0.493 e. The Morgan fingerprint density at radius 1 is 1.18 bits per heavy atom. The van der Waals surface area contributed by atoms with Gasteiger partial charge in [-0.1, -0.05) is 18.2 Å². The molecule has 0 saturated carbocycles. The number of hydrogen-bond donors (Lipinski definition) is 1. The van der Waals surface area contributed by atoms with Crippen molar-refractivity contribution in [2.45, 2.75) is 50.5 Å². The molecule has 0 aliphatic carbocycles. The van der Waals surface area contributed by atoms with Crippen LogP contribution in [0.3, 0.4) is 0 Å². The van der Waals surface area contributed by atoms with Gasteiger partial charge in [0.25, 0.3) is 5.91 Å². The van der Waals surface area contributed by atoms with Gasteiger partial charge >= 0.3 is 12.2 Å². The van der Waals surface area contributed by atoms with Crippen molar-refractivity contribution in [1.29, 1.82) is 0 Å². The van der Waals surface area contributed by atoms with Gasteiger partial charge in [0.1, 0.15) is 17.0 Å². The molecule has 3 aliphatic rings. The maximum Gasteiger partial charge on any atom is 0.433 e. The molecule has 0 radical (unpaired) electrons. The van der Waals surface area contributed by atoms with Crippen LogP contribution in [0.5, 0.6) is 5.75 Å². The van der Waals surface area contributed by atoms with Crippen molar-refractivity contribution < 1.29 is 27.5 Å². The third-order valence-electron chi connectivity index (χ3n) is 7.10. The van der Waals surface area contributed by atoms with Gasteiger partial charge in [-0.25, -0.2) is 4.79 Å². The van der Waals surface area contributed by atoms with Gasteiger partial charge in [0.2, 0.25) is 0 Å². The normalized spacial score (nSPS) is 20.9. The molecule has 1 aromatic carbocycles. The maximum atomic E-state index is 13.2. The first-order valence-electron chi connectivity index (χ1n) is 11.3. The van der Waals surface area contributed by atoms with Crippen LogP contribution in [0, 0.1) is 0 Å². The minimum absolute atomic E-state index is 0.118. The van der Waals surface area contributed by atoms with E-state index >= 15 is 0 Å². The molecule has 3 amide bonds. The first-order valence-corrected chi connectivity index (χ1v) is 11.3. The summed E-state index contributed by atoms with van der Waals surface area (Å²) in [5.41, 5.74) is 0.735. The van der Waals surface area contributed by atoms with Crippen LogP contribution in [-0.2, 0) is 23.9 Å². The standard InChI is InChI=1S/C24H25F3N4O3/c1-15(18-4-3-17-6-11-34-19(17)12-18)30-9-7-23(8-10-30)21(32)31(22(33)29-23)14-16-2-5-20(28-13-16)24(25,26)27/h2-5,12-13,15H,6-11,14H2,1H3,(H,29,33)/t15-/m0/s1. The Labute approximate surface area is 194 Å². The van der Waals surface area contributed by atoms with Crippen LogP contribution in [0.4, 0.5) is 18.0 Å². The number of rotatable bonds is 4. The molecule has 4 heterocycles. The Hall–Kier alpha value is -3.14. The number of alkyl halides is 3. The van der Waals surface area contributed by atoms with E-state index in [-0.39, 0.29) is 18.5 Å². The number of fused-ring (bicyclic) bond motifs is 1. The smallest absolute Gasteiger partial charge is 0.433 e. The van der Waals surface area contributed by atoms with Gasteiger partial charge in [-0.2, -0.15) is 13.2 Å². The number of nitrogens with one attached hydrogen (secondary N) is 1. The number of imide groups is 1. The highest BCUT2D eigenvalue weighted by Crippen LogP contribution is 2.36. The lowest BCUT2D eigenvalue weighted by Gasteiger charge is -2.40. The Kier molecular flexibility index (Phi) is 5.50. The summed E-state index contributed by atoms with van der Waals surface area (Å²) in [6.45, 7) is 3.96. The number of amides is 3. The average Bonchev–Trinajstić information content (AvgIpc) is 3.37. The van der Waals surface area contributed by atoms with Crippen molar-refractivity contribution in [3.05, 3.63) is 58.9 Å². The quantitative estimate of drug-likeness (QED) is 0.685. The molecule has 1 spiro atoms. The lowest BCUT2D eigenvalue weighted by molar-refractivity contribution is -0.141. The SMILES string of the molecule is C[C@@H](c1ccc2c(c1)OCC2)N1CCC2(CC1)NC(=O)N(Cc1ccc(C(F)(F)F)nc1)C2=O. The van der Waals surface area contributed by atoms with Crippen molar-refractivity contribution >= 4 is 11.9 Å². The molecule has 1 N–H and O–H groups in total. The fourth-order valence-electron chi connectivity index (χ4n) is 4.97. The number of piperidine rings is 1. The molecule has 5 rings (SSSR count). The van der Waals surface area contributed by atoms with Crippen LogP contribution in [-0.4, -0.2) is 52.0 Å². The topological polar surface area (TPSA) is 74.8 Å². The van der Waals surface area contributed by atoms with Crippen LogP contribution < -0.4 is 10.1 Å². The predicted molar refractivity (Wildman–Crippen MR) is 116 cm³/mol. The van der Waals surface area contributed by atoms with Gasteiger partial charge in [0.05, 0.1) is 13.2 Å². The van der Waals surface area contributed by atoms with E-state index in [2.05, 4.69) is 40.3 Å². The van der Waals surface area contributed by atoms with Gasteiger partial charge in [0.15, 0.2) is 0 Å². The third-order valence-corrected chi connectivity index (χ3v) is 7.10. The van der Waals surface area contributed by atoms with E-state index in [9.17, 15) is 22.8 Å². The Morgan fingerprint density at radius 3 is 2.62 bits per heavy atom. The highest BCUT2D eigenvalue weighted by molar-refractivity contribution is 6.07. The summed E-state index contributed by atoms with van der Waals surface area (Å²) in [5, 5.41) is 2.85. The summed E-state index contributed by atoms with van der Waals surface area (Å²) < 4.78 is 43.9. The first-order chi connectivity index (χ1) is 16.2. The van der Waals surface area contributed by atoms with Crippen LogP contribution in [0.15, 0.2) is 36.5 Å². The van der Waals surface area contributed by atoms with E-state index in [1.54, 1.807) is 0 Å². The average molecular weight is 474 g/mol. The highest BCUT2D eigenvalue weighted by atomic mass is 19.4. The Balaban J connectivity index is 1.23. The lowest BCUT2D eigenvalue weighted by atomic mass is 9.86. The van der Waals surface area contributed by atoms with E-state index in [1.165, 1.54) is 11.6 Å². The van der Waals surface area contributed by atoms with Crippen molar-refractivity contribution in [1.82, 2.24) is 20.1 Å². The molecule has 2 aromatic rings. The summed E-state index contributed by atoms with van der Waals surface area (Å²) in [7, 11) is 0. The molecule has 180 valence electrons. The fraction of sp³-hybridized carbons (Fsp3) is 0.458. The number of likely N-dealkylation sites (tertiary alicyclic amines) is 1. The molecule has 7 nitrogen and oxygen atoms in total. The number of ether oxygens (including phenoxy) is 1. The highest BCUT2D eigenvalue weighted by Gasteiger charge is 2.52. The summed E-state index contributed by atoms with van der Waals surface area (Å²) >= 11 is 0. The van der Waals surface area contributed by atoms with Crippen molar-refractivity contribution in [3.63, 3.8) is 0 Å². The molecule has 3 aliphatic heterocycles. The number of aromatic nitrogens is 1. The van der Waals surface area contributed by atoms with Gasteiger partial charge in [-0.3, -0.25) is 19.6 Å². The zero-order chi connectivity index (χ0) is 24.1. The molecular weight excluding hydrogens is 449 g/mol. The second kappa shape index (κ2) is 8.26. The van der Waals surface area contributed by atoms with Crippen LogP contribution in [0.2, 0.25) is 0 Å². The number of halogens is 3. The maximum absolute atomic E-state index is 13.2. The summed E-state index contributed by atoms with van der Waals surface area (Å²) in [6.07, 6.45) is -1.63.